The molecule has 1 aromatic rings. The normalized spacial score (nSPS) is 11.7. The predicted molar refractivity (Wildman–Crippen MR) is 60.9 cm³/mol. The summed E-state index contributed by atoms with van der Waals surface area (Å²) in [6.45, 7) is 6.13. The van der Waals surface area contributed by atoms with Crippen molar-refractivity contribution >= 4 is 0 Å². The van der Waals surface area contributed by atoms with Crippen molar-refractivity contribution in [3.63, 3.8) is 0 Å². The molecule has 0 unspecified atom stereocenters. The van der Waals surface area contributed by atoms with Crippen molar-refractivity contribution in [1.82, 2.24) is 5.32 Å². The third-order valence-corrected chi connectivity index (χ3v) is 2.43. The van der Waals surface area contributed by atoms with Crippen LogP contribution in [0.3, 0.4) is 0 Å². The van der Waals surface area contributed by atoms with Gasteiger partial charge in [0.2, 0.25) is 0 Å². The number of hydrogen-bond acceptors (Lipinski definition) is 2. The van der Waals surface area contributed by atoms with E-state index in [9.17, 15) is 4.39 Å². The van der Waals surface area contributed by atoms with Gasteiger partial charge in [0.05, 0.1) is 0 Å². The van der Waals surface area contributed by atoms with E-state index in [0.717, 1.165) is 6.54 Å². The first kappa shape index (κ1) is 12.1. The van der Waals surface area contributed by atoms with E-state index in [4.69, 9.17) is 5.73 Å². The van der Waals surface area contributed by atoms with Crippen molar-refractivity contribution in [3.05, 3.63) is 35.6 Å². The molecule has 1 rings (SSSR count). The van der Waals surface area contributed by atoms with E-state index < -0.39 is 0 Å². The molecule has 0 aliphatic carbocycles. The lowest BCUT2D eigenvalue weighted by molar-refractivity contribution is 0.350. The summed E-state index contributed by atoms with van der Waals surface area (Å²) in [6.07, 6.45) is 0. The fourth-order valence-electron chi connectivity index (χ4n) is 1.25. The second-order valence-electron chi connectivity index (χ2n) is 4.56. The molecule has 0 spiro atoms. The summed E-state index contributed by atoms with van der Waals surface area (Å²) in [6, 6.07) is 6.81. The minimum atomic E-state index is -0.157. The lowest BCUT2D eigenvalue weighted by atomic mass is 9.94. The first-order chi connectivity index (χ1) is 7.05. The van der Waals surface area contributed by atoms with E-state index in [0.29, 0.717) is 18.7 Å². The molecule has 0 saturated carbocycles. The number of halogens is 1. The molecular weight excluding hydrogens is 191 g/mol. The predicted octanol–water partition coefficient (Wildman–Crippen LogP) is 1.90. The van der Waals surface area contributed by atoms with Gasteiger partial charge in [0.1, 0.15) is 5.82 Å². The molecule has 0 saturated heterocycles. The third kappa shape index (κ3) is 3.98. The highest BCUT2D eigenvalue weighted by Crippen LogP contribution is 2.11. The highest BCUT2D eigenvalue weighted by atomic mass is 19.1. The third-order valence-electron chi connectivity index (χ3n) is 2.43. The van der Waals surface area contributed by atoms with E-state index in [2.05, 4.69) is 19.2 Å². The Morgan fingerprint density at radius 3 is 2.60 bits per heavy atom. The topological polar surface area (TPSA) is 38.0 Å². The Balaban J connectivity index is 2.42. The Morgan fingerprint density at radius 2 is 2.00 bits per heavy atom. The number of rotatable bonds is 5. The van der Waals surface area contributed by atoms with E-state index in [1.165, 1.54) is 6.07 Å². The Labute approximate surface area is 90.7 Å². The quantitative estimate of drug-likeness (QED) is 0.779. The maximum absolute atomic E-state index is 13.2. The van der Waals surface area contributed by atoms with Gasteiger partial charge in [-0.25, -0.2) is 4.39 Å². The van der Waals surface area contributed by atoms with Gasteiger partial charge in [-0.1, -0.05) is 32.0 Å². The standard InChI is InChI=1S/C12H19FN2/c1-12(2,8-14)9-15-7-10-5-3-4-6-11(10)13/h3-6,15H,7-9,14H2,1-2H3. The van der Waals surface area contributed by atoms with Gasteiger partial charge < -0.3 is 11.1 Å². The van der Waals surface area contributed by atoms with Crippen LogP contribution in [-0.4, -0.2) is 13.1 Å². The van der Waals surface area contributed by atoms with Crippen molar-refractivity contribution in [1.29, 1.82) is 0 Å². The number of nitrogens with one attached hydrogen (secondary N) is 1. The van der Waals surface area contributed by atoms with Crippen molar-refractivity contribution in [3.8, 4) is 0 Å². The minimum absolute atomic E-state index is 0.0608. The molecule has 0 aliphatic heterocycles. The molecule has 0 atom stereocenters. The second-order valence-corrected chi connectivity index (χ2v) is 4.56. The van der Waals surface area contributed by atoms with Crippen LogP contribution in [0.4, 0.5) is 4.39 Å². The Morgan fingerprint density at radius 1 is 1.33 bits per heavy atom. The molecule has 2 nitrogen and oxygen atoms in total. The van der Waals surface area contributed by atoms with Gasteiger partial charge in [-0.2, -0.15) is 0 Å². The Hall–Kier alpha value is -0.930. The largest absolute Gasteiger partial charge is 0.330 e. The van der Waals surface area contributed by atoms with Crippen LogP contribution in [0.5, 0.6) is 0 Å². The van der Waals surface area contributed by atoms with E-state index in [1.807, 2.05) is 6.07 Å². The Bertz CT molecular complexity index is 310. The molecule has 1 aromatic carbocycles. The first-order valence-electron chi connectivity index (χ1n) is 5.19. The molecule has 3 heteroatoms. The minimum Gasteiger partial charge on any atom is -0.330 e. The van der Waals surface area contributed by atoms with Gasteiger partial charge in [0.25, 0.3) is 0 Å². The van der Waals surface area contributed by atoms with E-state index >= 15 is 0 Å². The first-order valence-corrected chi connectivity index (χ1v) is 5.19. The summed E-state index contributed by atoms with van der Waals surface area (Å²) in [4.78, 5) is 0. The molecule has 3 N–H and O–H groups in total. The molecule has 0 bridgehead atoms. The van der Waals surface area contributed by atoms with Gasteiger partial charge in [0, 0.05) is 18.7 Å². The van der Waals surface area contributed by atoms with Gasteiger partial charge in [-0.3, -0.25) is 0 Å². The molecular formula is C12H19FN2. The zero-order valence-corrected chi connectivity index (χ0v) is 9.39. The monoisotopic (exact) mass is 210 g/mol. The lowest BCUT2D eigenvalue weighted by Crippen LogP contribution is -2.35. The summed E-state index contributed by atoms with van der Waals surface area (Å²) >= 11 is 0. The Kier molecular flexibility index (Phi) is 4.24. The summed E-state index contributed by atoms with van der Waals surface area (Å²) < 4.78 is 13.2. The summed E-state index contributed by atoms with van der Waals surface area (Å²) in [5.41, 5.74) is 6.36. The van der Waals surface area contributed by atoms with E-state index in [1.54, 1.807) is 12.1 Å². The van der Waals surface area contributed by atoms with Crippen LogP contribution < -0.4 is 11.1 Å². The zero-order chi connectivity index (χ0) is 11.3. The zero-order valence-electron chi connectivity index (χ0n) is 9.39. The van der Waals surface area contributed by atoms with Crippen molar-refractivity contribution < 1.29 is 4.39 Å². The molecule has 0 amide bonds. The van der Waals surface area contributed by atoms with Crippen molar-refractivity contribution in [2.45, 2.75) is 20.4 Å². The average molecular weight is 210 g/mol. The van der Waals surface area contributed by atoms with Gasteiger partial charge >= 0.3 is 0 Å². The highest BCUT2D eigenvalue weighted by molar-refractivity contribution is 5.16. The molecule has 15 heavy (non-hydrogen) atoms. The fourth-order valence-corrected chi connectivity index (χ4v) is 1.25. The van der Waals surface area contributed by atoms with Crippen LogP contribution in [-0.2, 0) is 6.54 Å². The maximum Gasteiger partial charge on any atom is 0.127 e. The van der Waals surface area contributed by atoms with Gasteiger partial charge in [-0.05, 0) is 18.0 Å². The van der Waals surface area contributed by atoms with Crippen LogP contribution in [0.15, 0.2) is 24.3 Å². The molecule has 0 radical (unpaired) electrons. The molecule has 84 valence electrons. The van der Waals surface area contributed by atoms with Gasteiger partial charge in [-0.15, -0.1) is 0 Å². The summed E-state index contributed by atoms with van der Waals surface area (Å²) in [5, 5.41) is 3.21. The highest BCUT2D eigenvalue weighted by Gasteiger charge is 2.14. The molecule has 0 fully saturated rings. The molecule has 0 heterocycles. The number of benzene rings is 1. The average Bonchev–Trinajstić information content (AvgIpc) is 2.21. The fraction of sp³-hybridized carbons (Fsp3) is 0.500. The van der Waals surface area contributed by atoms with E-state index in [-0.39, 0.29) is 11.2 Å². The lowest BCUT2D eigenvalue weighted by Gasteiger charge is -2.22. The summed E-state index contributed by atoms with van der Waals surface area (Å²) in [7, 11) is 0. The van der Waals surface area contributed by atoms with Gasteiger partial charge in [0.15, 0.2) is 0 Å². The van der Waals surface area contributed by atoms with Crippen LogP contribution in [0.2, 0.25) is 0 Å². The van der Waals surface area contributed by atoms with Crippen LogP contribution in [0.1, 0.15) is 19.4 Å². The number of nitrogens with two attached hydrogens (primary N) is 1. The SMILES string of the molecule is CC(C)(CN)CNCc1ccccc1F. The van der Waals surface area contributed by atoms with Crippen molar-refractivity contribution in [2.24, 2.45) is 11.1 Å². The molecule has 0 aromatic heterocycles. The van der Waals surface area contributed by atoms with Crippen LogP contribution in [0, 0.1) is 11.2 Å². The smallest absolute Gasteiger partial charge is 0.127 e. The maximum atomic E-state index is 13.2. The van der Waals surface area contributed by atoms with Crippen molar-refractivity contribution in [2.75, 3.05) is 13.1 Å². The summed E-state index contributed by atoms with van der Waals surface area (Å²) in [5.74, 6) is -0.157. The van der Waals surface area contributed by atoms with Crippen LogP contribution >= 0.6 is 0 Å². The second kappa shape index (κ2) is 5.24. The number of hydrogen-bond donors (Lipinski definition) is 2. The van der Waals surface area contributed by atoms with Crippen LogP contribution in [0.25, 0.3) is 0 Å². The molecule has 0 aliphatic rings.